The predicted octanol–water partition coefficient (Wildman–Crippen LogP) is 2.58. The molecule has 0 saturated carbocycles. The largest absolute Gasteiger partial charge is 0.359 e. The van der Waals surface area contributed by atoms with Crippen LogP contribution in [0.2, 0.25) is 0 Å². The van der Waals surface area contributed by atoms with Gasteiger partial charge in [-0.15, -0.1) is 11.6 Å². The molecule has 0 spiro atoms. The van der Waals surface area contributed by atoms with E-state index in [0.29, 0.717) is 6.54 Å². The second-order valence-electron chi connectivity index (χ2n) is 5.97. The van der Waals surface area contributed by atoms with Crippen molar-refractivity contribution in [3.63, 3.8) is 0 Å². The Bertz CT molecular complexity index is 669. The molecule has 1 aromatic heterocycles. The summed E-state index contributed by atoms with van der Waals surface area (Å²) in [4.78, 5) is 13.6. The number of amides is 1. The Morgan fingerprint density at radius 2 is 2.22 bits per heavy atom. The lowest BCUT2D eigenvalue weighted by atomic mass is 10.1. The van der Waals surface area contributed by atoms with Crippen LogP contribution < -0.4 is 5.32 Å². The molecule has 23 heavy (non-hydrogen) atoms. The lowest BCUT2D eigenvalue weighted by Crippen LogP contribution is -2.37. The number of hydrogen-bond acceptors (Lipinski definition) is 4. The Kier molecular flexibility index (Phi) is 4.98. The fourth-order valence-corrected chi connectivity index (χ4v) is 2.91. The summed E-state index contributed by atoms with van der Waals surface area (Å²) >= 11 is 5.52. The molecule has 2 heterocycles. The first-order valence-corrected chi connectivity index (χ1v) is 8.28. The van der Waals surface area contributed by atoms with Crippen molar-refractivity contribution >= 4 is 17.5 Å². The van der Waals surface area contributed by atoms with Crippen LogP contribution in [0.3, 0.4) is 0 Å². The van der Waals surface area contributed by atoms with Gasteiger partial charge in [0.15, 0.2) is 5.76 Å². The van der Waals surface area contributed by atoms with Crippen molar-refractivity contribution in [2.75, 3.05) is 19.0 Å². The van der Waals surface area contributed by atoms with Crippen molar-refractivity contribution in [3.05, 3.63) is 41.7 Å². The van der Waals surface area contributed by atoms with Gasteiger partial charge in [0.25, 0.3) is 0 Å². The number of carbonyl (C=O) groups is 1. The maximum absolute atomic E-state index is 11.3. The number of rotatable bonds is 5. The number of aromatic nitrogens is 1. The van der Waals surface area contributed by atoms with Crippen molar-refractivity contribution < 1.29 is 9.32 Å². The minimum absolute atomic E-state index is 0.0124. The summed E-state index contributed by atoms with van der Waals surface area (Å²) in [5, 5.41) is 7.07. The highest BCUT2D eigenvalue weighted by Crippen LogP contribution is 2.21. The summed E-state index contributed by atoms with van der Waals surface area (Å²) < 4.78 is 5.45. The summed E-state index contributed by atoms with van der Waals surface area (Å²) in [6.45, 7) is 4.49. The zero-order valence-electron chi connectivity index (χ0n) is 13.1. The number of nitrogens with one attached hydrogen (secondary N) is 1. The Balaban J connectivity index is 1.57. The van der Waals surface area contributed by atoms with Gasteiger partial charge in [-0.1, -0.05) is 35.0 Å². The number of aryl methyl sites for hydroxylation is 1. The van der Waals surface area contributed by atoms with Gasteiger partial charge in [-0.2, -0.15) is 0 Å². The van der Waals surface area contributed by atoms with Crippen molar-refractivity contribution in [2.45, 2.75) is 25.9 Å². The Morgan fingerprint density at radius 1 is 1.43 bits per heavy atom. The number of hydrogen-bond donors (Lipinski definition) is 1. The van der Waals surface area contributed by atoms with Gasteiger partial charge in [-0.05, 0) is 13.3 Å². The van der Waals surface area contributed by atoms with Crippen molar-refractivity contribution in [3.8, 4) is 11.3 Å². The highest BCUT2D eigenvalue weighted by atomic mass is 35.5. The molecule has 1 saturated heterocycles. The second-order valence-corrected chi connectivity index (χ2v) is 6.23. The van der Waals surface area contributed by atoms with E-state index < -0.39 is 0 Å². The first kappa shape index (κ1) is 16.0. The van der Waals surface area contributed by atoms with Crippen LogP contribution in [0.25, 0.3) is 11.3 Å². The average Bonchev–Trinajstić information content (AvgIpc) is 3.18. The zero-order valence-corrected chi connectivity index (χ0v) is 13.8. The van der Waals surface area contributed by atoms with Crippen LogP contribution >= 0.6 is 11.6 Å². The molecular weight excluding hydrogens is 314 g/mol. The van der Waals surface area contributed by atoms with Gasteiger partial charge in [0.1, 0.15) is 11.6 Å². The fourth-order valence-electron chi connectivity index (χ4n) is 2.83. The van der Waals surface area contributed by atoms with E-state index in [1.165, 1.54) is 5.56 Å². The second kappa shape index (κ2) is 7.15. The van der Waals surface area contributed by atoms with Gasteiger partial charge >= 0.3 is 0 Å². The monoisotopic (exact) mass is 333 g/mol. The molecule has 1 aliphatic heterocycles. The molecule has 5 nitrogen and oxygen atoms in total. The molecule has 1 N–H and O–H groups in total. The molecule has 1 fully saturated rings. The average molecular weight is 334 g/mol. The summed E-state index contributed by atoms with van der Waals surface area (Å²) in [6, 6.07) is 10.4. The number of nitrogens with zero attached hydrogens (tertiary/aromatic N) is 2. The zero-order chi connectivity index (χ0) is 16.2. The quantitative estimate of drug-likeness (QED) is 0.854. The minimum atomic E-state index is -0.111. The first-order valence-electron chi connectivity index (χ1n) is 7.74. The molecule has 2 aromatic rings. The highest BCUT2D eigenvalue weighted by molar-refractivity contribution is 6.27. The first-order chi connectivity index (χ1) is 11.1. The third-order valence-corrected chi connectivity index (χ3v) is 4.29. The number of halogens is 1. The number of likely N-dealkylation sites (tertiary alicyclic amines) is 1. The van der Waals surface area contributed by atoms with Gasteiger partial charge in [-0.3, -0.25) is 9.69 Å². The van der Waals surface area contributed by atoms with E-state index in [4.69, 9.17) is 16.1 Å². The van der Waals surface area contributed by atoms with Crippen LogP contribution in [-0.2, 0) is 11.3 Å². The standard InChI is InChI=1S/C17H20ClN3O2/c1-12-2-4-13(5-3-12)16-8-15(23-20-16)11-21-7-6-14(10-21)19-17(22)9-18/h2-5,8,14H,6-7,9-11H2,1H3,(H,19,22). The van der Waals surface area contributed by atoms with Gasteiger partial charge in [0.05, 0.1) is 6.54 Å². The van der Waals surface area contributed by atoms with Crippen LogP contribution in [0.5, 0.6) is 0 Å². The van der Waals surface area contributed by atoms with E-state index in [2.05, 4.69) is 34.4 Å². The van der Waals surface area contributed by atoms with Crippen LogP contribution in [-0.4, -0.2) is 41.0 Å². The summed E-state index contributed by atoms with van der Waals surface area (Å²) in [5.74, 6) is 0.739. The number of alkyl halides is 1. The van der Waals surface area contributed by atoms with E-state index in [-0.39, 0.29) is 17.8 Å². The van der Waals surface area contributed by atoms with Gasteiger partial charge in [0.2, 0.25) is 5.91 Å². The van der Waals surface area contributed by atoms with Crippen molar-refractivity contribution in [2.24, 2.45) is 0 Å². The Hall–Kier alpha value is -1.85. The molecule has 1 aliphatic rings. The minimum Gasteiger partial charge on any atom is -0.359 e. The lowest BCUT2D eigenvalue weighted by Gasteiger charge is -2.14. The lowest BCUT2D eigenvalue weighted by molar-refractivity contribution is -0.119. The predicted molar refractivity (Wildman–Crippen MR) is 89.2 cm³/mol. The fraction of sp³-hybridized carbons (Fsp3) is 0.412. The van der Waals surface area contributed by atoms with Crippen molar-refractivity contribution in [1.29, 1.82) is 0 Å². The normalized spacial score (nSPS) is 18.3. The highest BCUT2D eigenvalue weighted by Gasteiger charge is 2.24. The summed E-state index contributed by atoms with van der Waals surface area (Å²) in [6.07, 6.45) is 0.932. The van der Waals surface area contributed by atoms with Gasteiger partial charge in [0, 0.05) is 30.8 Å². The van der Waals surface area contributed by atoms with Gasteiger partial charge in [-0.25, -0.2) is 0 Å². The van der Waals surface area contributed by atoms with Crippen molar-refractivity contribution in [1.82, 2.24) is 15.4 Å². The molecule has 0 bridgehead atoms. The summed E-state index contributed by atoms with van der Waals surface area (Å²) in [5.41, 5.74) is 3.13. The van der Waals surface area contributed by atoms with E-state index in [0.717, 1.165) is 36.5 Å². The number of benzene rings is 1. The molecule has 122 valence electrons. The summed E-state index contributed by atoms with van der Waals surface area (Å²) in [7, 11) is 0. The van der Waals surface area contributed by atoms with Crippen LogP contribution in [0, 0.1) is 6.92 Å². The molecule has 6 heteroatoms. The maximum Gasteiger partial charge on any atom is 0.235 e. The van der Waals surface area contributed by atoms with Gasteiger partial charge < -0.3 is 9.84 Å². The van der Waals surface area contributed by atoms with Crippen LogP contribution in [0.15, 0.2) is 34.9 Å². The van der Waals surface area contributed by atoms with E-state index in [9.17, 15) is 4.79 Å². The topological polar surface area (TPSA) is 58.4 Å². The number of carbonyl (C=O) groups excluding carboxylic acids is 1. The molecule has 1 atom stereocenters. The molecule has 0 aliphatic carbocycles. The third kappa shape index (κ3) is 4.12. The van der Waals surface area contributed by atoms with E-state index in [1.807, 2.05) is 18.2 Å². The molecular formula is C17H20ClN3O2. The SMILES string of the molecule is Cc1ccc(-c2cc(CN3CCC(NC(=O)CCl)C3)on2)cc1. The third-order valence-electron chi connectivity index (χ3n) is 4.04. The smallest absolute Gasteiger partial charge is 0.235 e. The Morgan fingerprint density at radius 3 is 2.96 bits per heavy atom. The molecule has 1 amide bonds. The van der Waals surface area contributed by atoms with E-state index in [1.54, 1.807) is 0 Å². The molecule has 0 radical (unpaired) electrons. The Labute approximate surface area is 140 Å². The van der Waals surface area contributed by atoms with E-state index >= 15 is 0 Å². The molecule has 3 rings (SSSR count). The maximum atomic E-state index is 11.3. The van der Waals surface area contributed by atoms with Crippen LogP contribution in [0.1, 0.15) is 17.7 Å². The molecule has 1 unspecified atom stereocenters. The molecule has 1 aromatic carbocycles. The van der Waals surface area contributed by atoms with Crippen LogP contribution in [0.4, 0.5) is 0 Å².